The number of rotatable bonds is 6. The van der Waals surface area contributed by atoms with Crippen molar-refractivity contribution in [2.45, 2.75) is 32.4 Å². The van der Waals surface area contributed by atoms with Gasteiger partial charge in [0.2, 0.25) is 0 Å². The molecule has 2 rings (SSSR count). The lowest BCUT2D eigenvalue weighted by Crippen LogP contribution is -2.30. The van der Waals surface area contributed by atoms with Gasteiger partial charge >= 0.3 is 0 Å². The van der Waals surface area contributed by atoms with Crippen LogP contribution in [-0.4, -0.2) is 18.5 Å². The van der Waals surface area contributed by atoms with E-state index in [2.05, 4.69) is 80.4 Å². The highest BCUT2D eigenvalue weighted by Crippen LogP contribution is 2.23. The molecule has 1 unspecified atom stereocenters. The van der Waals surface area contributed by atoms with Crippen molar-refractivity contribution in [1.82, 2.24) is 4.90 Å². The van der Waals surface area contributed by atoms with Crippen LogP contribution < -0.4 is 5.73 Å². The predicted octanol–water partition coefficient (Wildman–Crippen LogP) is 3.94. The summed E-state index contributed by atoms with van der Waals surface area (Å²) in [5.74, 6) is 0.567. The van der Waals surface area contributed by atoms with Crippen LogP contribution in [-0.2, 0) is 6.54 Å². The summed E-state index contributed by atoms with van der Waals surface area (Å²) >= 11 is 0. The van der Waals surface area contributed by atoms with Gasteiger partial charge in [-0.05, 0) is 29.7 Å². The lowest BCUT2D eigenvalue weighted by Gasteiger charge is -2.27. The van der Waals surface area contributed by atoms with Crippen molar-refractivity contribution in [3.05, 3.63) is 71.3 Å². The van der Waals surface area contributed by atoms with Gasteiger partial charge in [-0.2, -0.15) is 0 Å². The molecule has 0 spiro atoms. The first-order valence-electron chi connectivity index (χ1n) is 7.66. The molecule has 2 N–H and O–H groups in total. The van der Waals surface area contributed by atoms with E-state index in [1.807, 2.05) is 0 Å². The highest BCUT2D eigenvalue weighted by atomic mass is 15.1. The van der Waals surface area contributed by atoms with E-state index >= 15 is 0 Å². The summed E-state index contributed by atoms with van der Waals surface area (Å²) in [7, 11) is 2.14. The summed E-state index contributed by atoms with van der Waals surface area (Å²) in [6.07, 6.45) is 0. The maximum absolute atomic E-state index is 6.02. The number of likely N-dealkylation sites (N-methyl/N-ethyl adjacent to an activating group) is 1. The Bertz CT molecular complexity index is 531. The minimum absolute atomic E-state index is 0.256. The van der Waals surface area contributed by atoms with Gasteiger partial charge in [0.25, 0.3) is 0 Å². The zero-order chi connectivity index (χ0) is 15.2. The summed E-state index contributed by atoms with van der Waals surface area (Å²) < 4.78 is 0. The lowest BCUT2D eigenvalue weighted by molar-refractivity contribution is 0.242. The van der Waals surface area contributed by atoms with Crippen molar-refractivity contribution in [2.24, 2.45) is 5.73 Å². The maximum Gasteiger partial charge on any atom is 0.0470 e. The molecule has 2 aromatic carbocycles. The zero-order valence-corrected chi connectivity index (χ0v) is 13.3. The topological polar surface area (TPSA) is 29.3 Å². The quantitative estimate of drug-likeness (QED) is 0.869. The number of benzene rings is 2. The Balaban J connectivity index is 2.11. The summed E-state index contributed by atoms with van der Waals surface area (Å²) in [4.78, 5) is 2.32. The first-order valence-corrected chi connectivity index (χ1v) is 7.66. The van der Waals surface area contributed by atoms with Gasteiger partial charge in [-0.15, -0.1) is 0 Å². The number of nitrogens with zero attached hydrogens (tertiary/aromatic N) is 1. The second-order valence-corrected chi connectivity index (χ2v) is 5.97. The van der Waals surface area contributed by atoms with Crippen LogP contribution >= 0.6 is 0 Å². The van der Waals surface area contributed by atoms with Gasteiger partial charge in [0.05, 0.1) is 0 Å². The van der Waals surface area contributed by atoms with Gasteiger partial charge in [0.1, 0.15) is 0 Å². The Labute approximate surface area is 128 Å². The summed E-state index contributed by atoms with van der Waals surface area (Å²) in [5, 5.41) is 0. The largest absolute Gasteiger partial charge is 0.329 e. The molecule has 0 bridgehead atoms. The SMILES string of the molecule is CC(C)c1ccc(C(CN)N(C)Cc2ccccc2)cc1. The second-order valence-electron chi connectivity index (χ2n) is 5.97. The minimum Gasteiger partial charge on any atom is -0.329 e. The van der Waals surface area contributed by atoms with E-state index in [9.17, 15) is 0 Å². The van der Waals surface area contributed by atoms with E-state index in [1.165, 1.54) is 16.7 Å². The van der Waals surface area contributed by atoms with Crippen LogP contribution in [0.5, 0.6) is 0 Å². The molecule has 0 fully saturated rings. The van der Waals surface area contributed by atoms with Crippen LogP contribution in [0.2, 0.25) is 0 Å². The van der Waals surface area contributed by atoms with Gasteiger partial charge in [-0.3, -0.25) is 4.90 Å². The number of hydrogen-bond donors (Lipinski definition) is 1. The van der Waals surface area contributed by atoms with Gasteiger partial charge in [-0.1, -0.05) is 68.4 Å². The molecule has 0 saturated heterocycles. The normalized spacial score (nSPS) is 12.9. The van der Waals surface area contributed by atoms with Crippen LogP contribution in [0, 0.1) is 0 Å². The molecule has 0 aliphatic carbocycles. The van der Waals surface area contributed by atoms with Crippen LogP contribution in [0.25, 0.3) is 0 Å². The third-order valence-corrected chi connectivity index (χ3v) is 4.02. The molecule has 1 atom stereocenters. The van der Waals surface area contributed by atoms with Crippen molar-refractivity contribution >= 4 is 0 Å². The third-order valence-electron chi connectivity index (χ3n) is 4.02. The molecule has 2 heteroatoms. The summed E-state index contributed by atoms with van der Waals surface area (Å²) in [5.41, 5.74) is 10.00. The average Bonchev–Trinajstić information content (AvgIpc) is 2.49. The van der Waals surface area contributed by atoms with Gasteiger partial charge in [-0.25, -0.2) is 0 Å². The van der Waals surface area contributed by atoms with Crippen molar-refractivity contribution < 1.29 is 0 Å². The number of nitrogens with two attached hydrogens (primary N) is 1. The smallest absolute Gasteiger partial charge is 0.0470 e. The molecule has 0 aliphatic heterocycles. The Morgan fingerprint density at radius 3 is 2.00 bits per heavy atom. The molecule has 2 nitrogen and oxygen atoms in total. The Morgan fingerprint density at radius 2 is 1.48 bits per heavy atom. The van der Waals surface area contributed by atoms with Crippen molar-refractivity contribution in [1.29, 1.82) is 0 Å². The number of hydrogen-bond acceptors (Lipinski definition) is 2. The Kier molecular flexibility index (Phi) is 5.54. The van der Waals surface area contributed by atoms with Crippen LogP contribution in [0.15, 0.2) is 54.6 Å². The fourth-order valence-electron chi connectivity index (χ4n) is 2.66. The molecule has 0 aromatic heterocycles. The lowest BCUT2D eigenvalue weighted by atomic mass is 9.98. The van der Waals surface area contributed by atoms with Gasteiger partial charge in [0, 0.05) is 19.1 Å². The molecular formula is C19H26N2. The molecule has 0 radical (unpaired) electrons. The monoisotopic (exact) mass is 282 g/mol. The van der Waals surface area contributed by atoms with Crippen molar-refractivity contribution in [3.63, 3.8) is 0 Å². The van der Waals surface area contributed by atoms with Gasteiger partial charge < -0.3 is 5.73 Å². The molecule has 0 amide bonds. The minimum atomic E-state index is 0.256. The summed E-state index contributed by atoms with van der Waals surface area (Å²) in [6, 6.07) is 19.7. The molecule has 21 heavy (non-hydrogen) atoms. The highest BCUT2D eigenvalue weighted by molar-refractivity contribution is 5.27. The first kappa shape index (κ1) is 15.7. The first-order chi connectivity index (χ1) is 10.1. The van der Waals surface area contributed by atoms with E-state index in [0.29, 0.717) is 12.5 Å². The van der Waals surface area contributed by atoms with E-state index in [-0.39, 0.29) is 6.04 Å². The van der Waals surface area contributed by atoms with Crippen LogP contribution in [0.4, 0.5) is 0 Å². The molecule has 0 aliphatic rings. The van der Waals surface area contributed by atoms with E-state index in [1.54, 1.807) is 0 Å². The van der Waals surface area contributed by atoms with Crippen LogP contribution in [0.3, 0.4) is 0 Å². The molecule has 2 aromatic rings. The van der Waals surface area contributed by atoms with E-state index in [0.717, 1.165) is 6.54 Å². The summed E-state index contributed by atoms with van der Waals surface area (Å²) in [6.45, 7) is 5.98. The van der Waals surface area contributed by atoms with Crippen molar-refractivity contribution in [2.75, 3.05) is 13.6 Å². The van der Waals surface area contributed by atoms with E-state index < -0.39 is 0 Å². The fourth-order valence-corrected chi connectivity index (χ4v) is 2.66. The average molecular weight is 282 g/mol. The van der Waals surface area contributed by atoms with Crippen molar-refractivity contribution in [3.8, 4) is 0 Å². The molecular weight excluding hydrogens is 256 g/mol. The fraction of sp³-hybridized carbons (Fsp3) is 0.368. The van der Waals surface area contributed by atoms with Crippen LogP contribution in [0.1, 0.15) is 42.5 Å². The van der Waals surface area contributed by atoms with Gasteiger partial charge in [0.15, 0.2) is 0 Å². The Hall–Kier alpha value is -1.64. The second kappa shape index (κ2) is 7.39. The molecule has 0 heterocycles. The highest BCUT2D eigenvalue weighted by Gasteiger charge is 2.15. The zero-order valence-electron chi connectivity index (χ0n) is 13.3. The molecule has 0 saturated carbocycles. The predicted molar refractivity (Wildman–Crippen MR) is 90.2 cm³/mol. The van der Waals surface area contributed by atoms with E-state index in [4.69, 9.17) is 5.73 Å². The third kappa shape index (κ3) is 4.16. The Morgan fingerprint density at radius 1 is 0.905 bits per heavy atom. The maximum atomic E-state index is 6.02. The molecule has 112 valence electrons. The standard InChI is InChI=1S/C19H26N2/c1-15(2)17-9-11-18(12-10-17)19(13-20)21(3)14-16-7-5-4-6-8-16/h4-12,15,19H,13-14,20H2,1-3H3.